The van der Waals surface area contributed by atoms with Crippen LogP contribution in [0.2, 0.25) is 0 Å². The average Bonchev–Trinajstić information content (AvgIpc) is 1.96. The van der Waals surface area contributed by atoms with Gasteiger partial charge in [0.1, 0.15) is 0 Å². The lowest BCUT2D eigenvalue weighted by molar-refractivity contribution is 0.0659. The fourth-order valence-electron chi connectivity index (χ4n) is 0.751. The monoisotopic (exact) mass is 168 g/mol. The van der Waals surface area contributed by atoms with E-state index in [4.69, 9.17) is 0 Å². The van der Waals surface area contributed by atoms with E-state index < -0.39 is 0 Å². The molecule has 0 aliphatic heterocycles. The second-order valence-corrected chi connectivity index (χ2v) is 4.07. The zero-order chi connectivity index (χ0) is 9.61. The summed E-state index contributed by atoms with van der Waals surface area (Å²) in [7, 11) is 0. The topological polar surface area (TPSA) is 20.2 Å². The third-order valence-electron chi connectivity index (χ3n) is 1.80. The molecule has 0 aliphatic carbocycles. The smallest absolute Gasteiger partial charge is 0.0622 e. The van der Waals surface area contributed by atoms with Gasteiger partial charge in [0.05, 0.1) is 6.10 Å². The molecule has 12 heavy (non-hydrogen) atoms. The minimum absolute atomic E-state index is 0.0136. The lowest BCUT2D eigenvalue weighted by atomic mass is 9.87. The van der Waals surface area contributed by atoms with Crippen molar-refractivity contribution in [3.63, 3.8) is 0 Å². The Bertz CT molecular complexity index is 160. The Kier molecular flexibility index (Phi) is 4.91. The third kappa shape index (κ3) is 5.14. The fourth-order valence-corrected chi connectivity index (χ4v) is 0.751. The Morgan fingerprint density at radius 2 is 1.83 bits per heavy atom. The van der Waals surface area contributed by atoms with Crippen LogP contribution in [0.25, 0.3) is 0 Å². The Balaban J connectivity index is 3.79. The molecular formula is C11H20O. The second kappa shape index (κ2) is 5.15. The van der Waals surface area contributed by atoms with Crippen LogP contribution in [-0.2, 0) is 0 Å². The van der Waals surface area contributed by atoms with Gasteiger partial charge in [0.15, 0.2) is 0 Å². The molecule has 0 heterocycles. The average molecular weight is 168 g/mol. The van der Waals surface area contributed by atoms with Crippen molar-refractivity contribution in [1.82, 2.24) is 0 Å². The Morgan fingerprint density at radius 3 is 2.25 bits per heavy atom. The van der Waals surface area contributed by atoms with E-state index in [9.17, 15) is 5.11 Å². The van der Waals surface area contributed by atoms with E-state index in [0.717, 1.165) is 6.42 Å². The molecule has 1 atom stereocenters. The van der Waals surface area contributed by atoms with Crippen molar-refractivity contribution < 1.29 is 5.11 Å². The van der Waals surface area contributed by atoms with Gasteiger partial charge >= 0.3 is 0 Å². The number of allylic oxidation sites excluding steroid dienone is 3. The van der Waals surface area contributed by atoms with E-state index in [2.05, 4.69) is 0 Å². The summed E-state index contributed by atoms with van der Waals surface area (Å²) in [6.45, 7) is 8.11. The summed E-state index contributed by atoms with van der Waals surface area (Å²) in [5.41, 5.74) is -0.0136. The van der Waals surface area contributed by atoms with E-state index in [1.54, 1.807) is 0 Å². The molecule has 0 fully saturated rings. The van der Waals surface area contributed by atoms with E-state index >= 15 is 0 Å². The molecule has 0 aromatic rings. The first-order chi connectivity index (χ1) is 5.48. The molecule has 1 heteroatoms. The van der Waals surface area contributed by atoms with Crippen LogP contribution in [0.15, 0.2) is 24.3 Å². The molecule has 0 aliphatic rings. The second-order valence-electron chi connectivity index (χ2n) is 4.07. The number of aliphatic hydroxyl groups excluding tert-OH is 1. The zero-order valence-corrected chi connectivity index (χ0v) is 8.54. The highest BCUT2D eigenvalue weighted by Gasteiger charge is 2.19. The predicted molar refractivity (Wildman–Crippen MR) is 54.0 cm³/mol. The molecule has 1 N–H and O–H groups in total. The largest absolute Gasteiger partial charge is 0.392 e. The molecule has 1 nitrogen and oxygen atoms in total. The maximum atomic E-state index is 9.61. The lowest BCUT2D eigenvalue weighted by Gasteiger charge is -2.24. The van der Waals surface area contributed by atoms with Gasteiger partial charge in [-0.3, -0.25) is 0 Å². The van der Waals surface area contributed by atoms with Gasteiger partial charge in [-0.25, -0.2) is 0 Å². The highest BCUT2D eigenvalue weighted by atomic mass is 16.3. The van der Waals surface area contributed by atoms with Crippen LogP contribution in [-0.4, -0.2) is 11.2 Å². The zero-order valence-electron chi connectivity index (χ0n) is 8.54. The summed E-state index contributed by atoms with van der Waals surface area (Å²) < 4.78 is 0. The van der Waals surface area contributed by atoms with Crippen molar-refractivity contribution in [2.24, 2.45) is 5.41 Å². The SMILES string of the molecule is C/C=C/C=C/CC(O)C(C)(C)C. The quantitative estimate of drug-likeness (QED) is 0.642. The van der Waals surface area contributed by atoms with Crippen LogP contribution >= 0.6 is 0 Å². The van der Waals surface area contributed by atoms with Gasteiger partial charge in [-0.15, -0.1) is 0 Å². The predicted octanol–water partition coefficient (Wildman–Crippen LogP) is 2.92. The summed E-state index contributed by atoms with van der Waals surface area (Å²) in [5, 5.41) is 9.61. The van der Waals surface area contributed by atoms with Gasteiger partial charge in [0.25, 0.3) is 0 Å². The van der Waals surface area contributed by atoms with Gasteiger partial charge in [-0.1, -0.05) is 45.1 Å². The molecule has 0 saturated carbocycles. The van der Waals surface area contributed by atoms with Gasteiger partial charge in [0, 0.05) is 0 Å². The molecule has 0 aromatic carbocycles. The minimum Gasteiger partial charge on any atom is -0.392 e. The van der Waals surface area contributed by atoms with E-state index in [1.165, 1.54) is 0 Å². The molecule has 1 unspecified atom stereocenters. The maximum absolute atomic E-state index is 9.61. The van der Waals surface area contributed by atoms with E-state index in [-0.39, 0.29) is 11.5 Å². The van der Waals surface area contributed by atoms with Crippen molar-refractivity contribution in [2.45, 2.75) is 40.2 Å². The molecule has 0 amide bonds. The normalized spacial score (nSPS) is 16.1. The van der Waals surface area contributed by atoms with Crippen LogP contribution in [0.4, 0.5) is 0 Å². The van der Waals surface area contributed by atoms with Gasteiger partial charge in [-0.05, 0) is 18.8 Å². The maximum Gasteiger partial charge on any atom is 0.0622 e. The van der Waals surface area contributed by atoms with Crippen molar-refractivity contribution in [2.75, 3.05) is 0 Å². The number of hydrogen-bond donors (Lipinski definition) is 1. The van der Waals surface area contributed by atoms with Gasteiger partial charge in [-0.2, -0.15) is 0 Å². The van der Waals surface area contributed by atoms with Crippen molar-refractivity contribution >= 4 is 0 Å². The molecule has 0 bridgehead atoms. The molecule has 0 spiro atoms. The van der Waals surface area contributed by atoms with Crippen LogP contribution in [0.3, 0.4) is 0 Å². The summed E-state index contributed by atoms with van der Waals surface area (Å²) in [5.74, 6) is 0. The molecular weight excluding hydrogens is 148 g/mol. The number of aliphatic hydroxyl groups is 1. The van der Waals surface area contributed by atoms with Crippen LogP contribution < -0.4 is 0 Å². The summed E-state index contributed by atoms with van der Waals surface area (Å²) in [4.78, 5) is 0. The van der Waals surface area contributed by atoms with Crippen molar-refractivity contribution in [1.29, 1.82) is 0 Å². The Hall–Kier alpha value is -0.560. The van der Waals surface area contributed by atoms with Gasteiger partial charge in [0.2, 0.25) is 0 Å². The molecule has 0 aromatic heterocycles. The Labute approximate surface area is 75.8 Å². The summed E-state index contributed by atoms with van der Waals surface area (Å²) >= 11 is 0. The summed E-state index contributed by atoms with van der Waals surface area (Å²) in [6, 6.07) is 0. The first-order valence-corrected chi connectivity index (χ1v) is 4.44. The van der Waals surface area contributed by atoms with Gasteiger partial charge < -0.3 is 5.11 Å². The molecule has 0 rings (SSSR count). The summed E-state index contributed by atoms with van der Waals surface area (Å²) in [6.07, 6.45) is 8.38. The van der Waals surface area contributed by atoms with Crippen molar-refractivity contribution in [3.8, 4) is 0 Å². The standard InChI is InChI=1S/C11H20O/c1-5-6-7-8-9-10(12)11(2,3)4/h5-8,10,12H,9H2,1-4H3/b6-5+,8-7+. The number of rotatable bonds is 3. The number of hydrogen-bond acceptors (Lipinski definition) is 1. The molecule has 0 saturated heterocycles. The highest BCUT2D eigenvalue weighted by Crippen LogP contribution is 2.21. The van der Waals surface area contributed by atoms with Crippen LogP contribution in [0.1, 0.15) is 34.1 Å². The van der Waals surface area contributed by atoms with Crippen molar-refractivity contribution in [3.05, 3.63) is 24.3 Å². The molecule has 0 radical (unpaired) electrons. The molecule has 70 valence electrons. The highest BCUT2D eigenvalue weighted by molar-refractivity contribution is 5.02. The third-order valence-corrected chi connectivity index (χ3v) is 1.80. The lowest BCUT2D eigenvalue weighted by Crippen LogP contribution is -2.24. The van der Waals surface area contributed by atoms with Crippen LogP contribution in [0.5, 0.6) is 0 Å². The van der Waals surface area contributed by atoms with E-state index in [1.807, 2.05) is 52.0 Å². The Morgan fingerprint density at radius 1 is 1.25 bits per heavy atom. The van der Waals surface area contributed by atoms with Crippen LogP contribution in [0, 0.1) is 5.41 Å². The first kappa shape index (κ1) is 11.4. The van der Waals surface area contributed by atoms with E-state index in [0.29, 0.717) is 0 Å². The fraction of sp³-hybridized carbons (Fsp3) is 0.636. The minimum atomic E-state index is -0.251. The first-order valence-electron chi connectivity index (χ1n) is 4.44.